The monoisotopic (exact) mass is 275 g/mol. The Labute approximate surface area is 79.0 Å². The minimum absolute atomic E-state index is 0.333. The van der Waals surface area contributed by atoms with Gasteiger partial charge in [0.2, 0.25) is 5.91 Å². The number of nitro groups is 1. The minimum atomic E-state index is -1.50. The van der Waals surface area contributed by atoms with E-state index in [4.69, 9.17) is 25.4 Å². The third kappa shape index (κ3) is 380. The van der Waals surface area contributed by atoms with E-state index in [2.05, 4.69) is 5.73 Å². The van der Waals surface area contributed by atoms with Crippen LogP contribution in [0.1, 0.15) is 6.92 Å². The second-order valence-electron chi connectivity index (χ2n) is 1.03. The Balaban J connectivity index is -0.000000101. The molecule has 0 heterocycles. The van der Waals surface area contributed by atoms with Crippen LogP contribution in [0.3, 0.4) is 0 Å². The molecule has 0 radical (unpaired) electrons. The van der Waals surface area contributed by atoms with Crippen LogP contribution >= 0.6 is 0 Å². The Kier molecular flexibility index (Phi) is 17.7. The maximum absolute atomic E-state index is 9.22. The quantitative estimate of drug-likeness (QED) is 0.324. The van der Waals surface area contributed by atoms with E-state index < -0.39 is 8.41 Å². The van der Waals surface area contributed by atoms with Gasteiger partial charge >= 0.3 is 34.8 Å². The number of carbonyl (C=O) groups excluding carboxylic acids is 1. The Morgan fingerprint density at radius 1 is 1.50 bits per heavy atom. The van der Waals surface area contributed by atoms with E-state index >= 15 is 0 Å². The van der Waals surface area contributed by atoms with E-state index in [1.165, 1.54) is 6.92 Å². The Morgan fingerprint density at radius 2 is 1.50 bits per heavy atom. The molecule has 10 heteroatoms. The molecule has 0 unspecified atom stereocenters. The zero-order valence-electron chi connectivity index (χ0n) is 5.76. The summed E-state index contributed by atoms with van der Waals surface area (Å²) in [5, 5.41) is 22.4. The van der Waals surface area contributed by atoms with Gasteiger partial charge in [0.1, 0.15) is 0 Å². The predicted molar refractivity (Wildman–Crippen MR) is 30.6 cm³/mol. The summed E-state index contributed by atoms with van der Waals surface area (Å²) in [5.41, 5.74) is 4.47. The molecule has 12 heavy (non-hydrogen) atoms. The second-order valence-corrected chi connectivity index (χ2v) is 1.57. The molecule has 1 amide bonds. The fourth-order valence-electron chi connectivity index (χ4n) is 0. The summed E-state index contributed by atoms with van der Waals surface area (Å²) >= 11 is 2.01. The van der Waals surface area contributed by atoms with Gasteiger partial charge in [-0.05, 0) is 0 Å². The third-order valence-corrected chi connectivity index (χ3v) is 0. The van der Waals surface area contributed by atoms with Gasteiger partial charge in [0.15, 0.2) is 0 Å². The van der Waals surface area contributed by atoms with Crippen molar-refractivity contribution in [2.75, 3.05) is 0 Å². The van der Waals surface area contributed by atoms with Gasteiger partial charge in [-0.3, -0.25) is 4.79 Å². The molecular formula is C2H6AgN3O6. The molecule has 0 aliphatic carbocycles. The van der Waals surface area contributed by atoms with Crippen molar-refractivity contribution in [2.45, 2.75) is 6.92 Å². The number of rotatable bonds is 0. The van der Waals surface area contributed by atoms with Crippen molar-refractivity contribution >= 4 is 5.91 Å². The SMILES string of the molecule is CC(N)=O.O=[N+]([O-])O.O=[N+]([O-])[Ag]. The van der Waals surface area contributed by atoms with Crippen molar-refractivity contribution in [3.05, 3.63) is 20.2 Å². The van der Waals surface area contributed by atoms with Crippen LogP contribution in [0, 0.1) is 20.2 Å². The third-order valence-electron chi connectivity index (χ3n) is 0. The average molecular weight is 276 g/mol. The zero-order valence-corrected chi connectivity index (χ0v) is 7.24. The Morgan fingerprint density at radius 3 is 1.50 bits per heavy atom. The van der Waals surface area contributed by atoms with Crippen LogP contribution in [0.4, 0.5) is 0 Å². The van der Waals surface area contributed by atoms with Crippen molar-refractivity contribution in [3.63, 3.8) is 0 Å². The second kappa shape index (κ2) is 12.5. The summed E-state index contributed by atoms with van der Waals surface area (Å²) in [6.45, 7) is 1.31. The molecule has 0 spiro atoms. The summed E-state index contributed by atoms with van der Waals surface area (Å²) in [6, 6.07) is 0. The molecule has 0 aliphatic rings. The summed E-state index contributed by atoms with van der Waals surface area (Å²) < 4.78 is -0.690. The van der Waals surface area contributed by atoms with Crippen LogP contribution < -0.4 is 5.73 Å². The van der Waals surface area contributed by atoms with Crippen molar-refractivity contribution in [1.29, 1.82) is 0 Å². The van der Waals surface area contributed by atoms with Crippen LogP contribution in [-0.4, -0.2) is 19.5 Å². The van der Waals surface area contributed by atoms with Crippen LogP contribution in [0.25, 0.3) is 0 Å². The number of nitrogens with zero attached hydrogens (tertiary/aromatic N) is 2. The molecule has 9 nitrogen and oxygen atoms in total. The van der Waals surface area contributed by atoms with Crippen molar-refractivity contribution in [2.24, 2.45) is 5.73 Å². The molecule has 0 rings (SSSR count). The summed E-state index contributed by atoms with van der Waals surface area (Å²) in [7, 11) is 0. The summed E-state index contributed by atoms with van der Waals surface area (Å²) in [6.07, 6.45) is 0. The van der Waals surface area contributed by atoms with Gasteiger partial charge in [-0.1, -0.05) is 0 Å². The molecule has 0 bridgehead atoms. The number of carbonyl (C=O) groups is 1. The summed E-state index contributed by atoms with van der Waals surface area (Å²) in [5.74, 6) is -0.333. The molecule has 3 N–H and O–H groups in total. The molecule has 0 saturated heterocycles. The standard InChI is InChI=1S/C2H5NO.Ag.HNO3.NO2/c1-2(3)4;;2-1(3)4;2-1-3/h1H3,(H2,3,4);;(H,2,3,4);. The zero-order chi connectivity index (χ0) is 10.7. The number of hydrogen-bond acceptors (Lipinski definition) is 5. The van der Waals surface area contributed by atoms with E-state index in [9.17, 15) is 4.79 Å². The predicted octanol–water partition coefficient (Wildman–Crippen LogP) is -1.13. The number of hydrogen-bond donors (Lipinski definition) is 2. The first kappa shape index (κ1) is 17.1. The molecule has 0 aromatic carbocycles. The number of amides is 1. The van der Waals surface area contributed by atoms with Crippen molar-refractivity contribution < 1.29 is 39.7 Å². The van der Waals surface area contributed by atoms with Crippen LogP contribution in [0.5, 0.6) is 0 Å². The normalized spacial score (nSPS) is 6.25. The Hall–Kier alpha value is -1.19. The topological polar surface area (TPSA) is 150 Å². The number of primary amides is 1. The average Bonchev–Trinajstić information content (AvgIpc) is 1.54. The fraction of sp³-hybridized carbons (Fsp3) is 0.500. The first-order chi connectivity index (χ1) is 5.20. The number of nitrogens with two attached hydrogens (primary N) is 1. The molecule has 0 aliphatic heterocycles. The maximum atomic E-state index is 9.22. The van der Waals surface area contributed by atoms with Crippen molar-refractivity contribution in [3.8, 4) is 0 Å². The summed E-state index contributed by atoms with van der Waals surface area (Å²) in [4.78, 5) is 26.3. The van der Waals surface area contributed by atoms with Gasteiger partial charge in [-0.2, -0.15) is 0 Å². The molecular weight excluding hydrogens is 270 g/mol. The molecule has 0 aromatic heterocycles. The van der Waals surface area contributed by atoms with Crippen LogP contribution in [-0.2, 0) is 26.1 Å². The molecule has 0 atom stereocenters. The van der Waals surface area contributed by atoms with Gasteiger partial charge in [0.25, 0.3) is 5.09 Å². The fourth-order valence-corrected chi connectivity index (χ4v) is 0. The molecule has 0 saturated carbocycles. The van der Waals surface area contributed by atoms with Gasteiger partial charge < -0.3 is 10.9 Å². The van der Waals surface area contributed by atoms with E-state index in [0.29, 0.717) is 0 Å². The van der Waals surface area contributed by atoms with Crippen LogP contribution in [0.2, 0.25) is 0 Å². The molecule has 76 valence electrons. The molecule has 0 fully saturated rings. The Bertz CT molecular complexity index is 118. The van der Waals surface area contributed by atoms with E-state index in [1.807, 2.05) is 21.3 Å². The van der Waals surface area contributed by atoms with Gasteiger partial charge in [-0.15, -0.1) is 10.1 Å². The van der Waals surface area contributed by atoms with E-state index in [1.54, 1.807) is 0 Å². The van der Waals surface area contributed by atoms with Gasteiger partial charge in [0.05, 0.1) is 0 Å². The van der Waals surface area contributed by atoms with Crippen molar-refractivity contribution in [1.82, 2.24) is 0 Å². The van der Waals surface area contributed by atoms with E-state index in [0.717, 1.165) is 0 Å². The van der Waals surface area contributed by atoms with Crippen LogP contribution in [0.15, 0.2) is 0 Å². The molecule has 0 aromatic rings. The van der Waals surface area contributed by atoms with Gasteiger partial charge in [0, 0.05) is 6.92 Å². The first-order valence-corrected chi connectivity index (χ1v) is 2.72. The van der Waals surface area contributed by atoms with Gasteiger partial charge in [-0.25, -0.2) is 0 Å². The van der Waals surface area contributed by atoms with E-state index in [-0.39, 0.29) is 5.91 Å². The first-order valence-electron chi connectivity index (χ1n) is 2.06.